The summed E-state index contributed by atoms with van der Waals surface area (Å²) >= 11 is 0. The van der Waals surface area contributed by atoms with Crippen LogP contribution in [0.1, 0.15) is 11.1 Å². The number of hydrogen-bond donors (Lipinski definition) is 2. The van der Waals surface area contributed by atoms with Crippen LogP contribution < -0.4 is 0 Å². The van der Waals surface area contributed by atoms with Gasteiger partial charge in [0.15, 0.2) is 0 Å². The van der Waals surface area contributed by atoms with Crippen molar-refractivity contribution in [1.82, 2.24) is 9.97 Å². The normalized spacial score (nSPS) is 11.2. The summed E-state index contributed by atoms with van der Waals surface area (Å²) in [5, 5.41) is 2.46. The Morgan fingerprint density at radius 1 is 0.500 bits per heavy atom. The maximum Gasteiger partial charge on any atom is 0.0464 e. The lowest BCUT2D eigenvalue weighted by atomic mass is 9.97. The molecule has 0 atom stereocenters. The summed E-state index contributed by atoms with van der Waals surface area (Å²) in [5.74, 6) is 0. The molecule has 2 heteroatoms. The van der Waals surface area contributed by atoms with E-state index in [2.05, 4.69) is 126 Å². The highest BCUT2D eigenvalue weighted by Crippen LogP contribution is 2.29. The van der Waals surface area contributed by atoms with Crippen LogP contribution in [0.15, 0.2) is 116 Å². The van der Waals surface area contributed by atoms with Crippen LogP contribution in [-0.4, -0.2) is 9.97 Å². The van der Waals surface area contributed by atoms with E-state index in [0.29, 0.717) is 0 Å². The molecule has 4 aromatic carbocycles. The van der Waals surface area contributed by atoms with Gasteiger partial charge in [-0.2, -0.15) is 0 Å². The standard InChI is InChI=1S/C30H22N2/c1-20(21-10-14-23(15-11-21)29-18-25-6-2-4-8-27(25)31-29)22-12-16-24(17-13-22)30-19-26-7-3-5-9-28(26)32-30/h2-19,31-32H,1H2. The summed E-state index contributed by atoms with van der Waals surface area (Å²) in [7, 11) is 0. The lowest BCUT2D eigenvalue weighted by Crippen LogP contribution is -1.87. The third-order valence-electron chi connectivity index (χ3n) is 6.15. The van der Waals surface area contributed by atoms with E-state index in [0.717, 1.165) is 39.1 Å². The average Bonchev–Trinajstić information content (AvgIpc) is 3.48. The zero-order valence-electron chi connectivity index (χ0n) is 17.6. The molecule has 0 aliphatic rings. The van der Waals surface area contributed by atoms with Gasteiger partial charge in [-0.1, -0.05) is 91.5 Å². The summed E-state index contributed by atoms with van der Waals surface area (Å²) < 4.78 is 0. The molecule has 32 heavy (non-hydrogen) atoms. The number of hydrogen-bond acceptors (Lipinski definition) is 0. The van der Waals surface area contributed by atoms with E-state index in [1.807, 2.05) is 0 Å². The van der Waals surface area contributed by atoms with Crippen LogP contribution in [0.2, 0.25) is 0 Å². The Labute approximate surface area is 186 Å². The van der Waals surface area contributed by atoms with Crippen molar-refractivity contribution >= 4 is 27.4 Å². The molecule has 0 aliphatic carbocycles. The highest BCUT2D eigenvalue weighted by Gasteiger charge is 2.08. The highest BCUT2D eigenvalue weighted by molar-refractivity contribution is 5.88. The van der Waals surface area contributed by atoms with Crippen molar-refractivity contribution in [3.8, 4) is 22.5 Å². The average molecular weight is 411 g/mol. The first-order chi connectivity index (χ1) is 15.7. The van der Waals surface area contributed by atoms with E-state index in [-0.39, 0.29) is 0 Å². The minimum atomic E-state index is 1.02. The molecule has 2 nitrogen and oxygen atoms in total. The van der Waals surface area contributed by atoms with E-state index in [1.165, 1.54) is 21.9 Å². The van der Waals surface area contributed by atoms with Gasteiger partial charge in [-0.3, -0.25) is 0 Å². The molecule has 0 aliphatic heterocycles. The molecule has 0 radical (unpaired) electrons. The van der Waals surface area contributed by atoms with E-state index in [1.54, 1.807) is 0 Å². The van der Waals surface area contributed by atoms with Gasteiger partial charge in [0.1, 0.15) is 0 Å². The maximum absolute atomic E-state index is 4.35. The Morgan fingerprint density at radius 2 is 0.906 bits per heavy atom. The Bertz CT molecular complexity index is 1380. The monoisotopic (exact) mass is 410 g/mol. The van der Waals surface area contributed by atoms with Crippen LogP contribution >= 0.6 is 0 Å². The van der Waals surface area contributed by atoms with E-state index in [4.69, 9.17) is 0 Å². The van der Waals surface area contributed by atoms with Crippen LogP contribution in [0.3, 0.4) is 0 Å². The molecular weight excluding hydrogens is 388 g/mol. The molecule has 2 N–H and O–H groups in total. The van der Waals surface area contributed by atoms with Crippen molar-refractivity contribution < 1.29 is 0 Å². The maximum atomic E-state index is 4.35. The van der Waals surface area contributed by atoms with Gasteiger partial charge in [-0.15, -0.1) is 0 Å². The van der Waals surface area contributed by atoms with Crippen molar-refractivity contribution in [3.05, 3.63) is 127 Å². The summed E-state index contributed by atoms with van der Waals surface area (Å²) in [5.41, 5.74) is 10.2. The summed E-state index contributed by atoms with van der Waals surface area (Å²) in [6.45, 7) is 4.35. The molecule has 0 saturated heterocycles. The molecule has 6 rings (SSSR count). The fraction of sp³-hybridized carbons (Fsp3) is 0. The van der Waals surface area contributed by atoms with Gasteiger partial charge >= 0.3 is 0 Å². The van der Waals surface area contributed by atoms with Crippen LogP contribution in [0.25, 0.3) is 49.9 Å². The fourth-order valence-electron chi connectivity index (χ4n) is 4.33. The molecule has 0 spiro atoms. The van der Waals surface area contributed by atoms with Gasteiger partial charge in [-0.25, -0.2) is 0 Å². The predicted molar refractivity (Wildman–Crippen MR) is 136 cm³/mol. The van der Waals surface area contributed by atoms with E-state index in [9.17, 15) is 0 Å². The highest BCUT2D eigenvalue weighted by atomic mass is 14.7. The summed E-state index contributed by atoms with van der Waals surface area (Å²) in [6, 6.07) is 38.3. The quantitative estimate of drug-likeness (QED) is 0.295. The Kier molecular flexibility index (Phi) is 4.29. The first-order valence-electron chi connectivity index (χ1n) is 10.8. The van der Waals surface area contributed by atoms with E-state index < -0.39 is 0 Å². The molecule has 6 aromatic rings. The van der Waals surface area contributed by atoms with Crippen LogP contribution in [-0.2, 0) is 0 Å². The topological polar surface area (TPSA) is 31.6 Å². The molecule has 0 saturated carbocycles. The smallest absolute Gasteiger partial charge is 0.0464 e. The Hall–Kier alpha value is -4.30. The molecular formula is C30H22N2. The SMILES string of the molecule is C=C(c1ccc(-c2cc3ccccc3[nH]2)cc1)c1ccc(-c2cc3ccccc3[nH]2)cc1. The van der Waals surface area contributed by atoms with Crippen molar-refractivity contribution in [3.63, 3.8) is 0 Å². The zero-order valence-corrected chi connectivity index (χ0v) is 17.6. The second-order valence-electron chi connectivity index (χ2n) is 8.17. The number of aromatic amines is 2. The minimum Gasteiger partial charge on any atom is -0.355 e. The third-order valence-corrected chi connectivity index (χ3v) is 6.15. The number of para-hydroxylation sites is 2. The molecule has 0 bridgehead atoms. The summed E-state index contributed by atoms with van der Waals surface area (Å²) in [6.07, 6.45) is 0. The van der Waals surface area contributed by atoms with Crippen molar-refractivity contribution in [2.45, 2.75) is 0 Å². The van der Waals surface area contributed by atoms with Crippen LogP contribution in [0.4, 0.5) is 0 Å². The molecule has 0 fully saturated rings. The van der Waals surface area contributed by atoms with Crippen molar-refractivity contribution in [1.29, 1.82) is 0 Å². The number of rotatable bonds is 4. The van der Waals surface area contributed by atoms with Gasteiger partial charge in [0.2, 0.25) is 0 Å². The van der Waals surface area contributed by atoms with Gasteiger partial charge in [0, 0.05) is 33.2 Å². The number of H-pyrrole nitrogens is 2. The largest absolute Gasteiger partial charge is 0.355 e. The van der Waals surface area contributed by atoms with Gasteiger partial charge in [0.05, 0.1) is 0 Å². The zero-order chi connectivity index (χ0) is 21.5. The van der Waals surface area contributed by atoms with Crippen LogP contribution in [0, 0.1) is 0 Å². The summed E-state index contributed by atoms with van der Waals surface area (Å²) in [4.78, 5) is 7.00. The number of fused-ring (bicyclic) bond motifs is 2. The van der Waals surface area contributed by atoms with E-state index >= 15 is 0 Å². The van der Waals surface area contributed by atoms with Crippen molar-refractivity contribution in [2.24, 2.45) is 0 Å². The van der Waals surface area contributed by atoms with Crippen molar-refractivity contribution in [2.75, 3.05) is 0 Å². The molecule has 2 heterocycles. The van der Waals surface area contributed by atoms with Gasteiger partial charge < -0.3 is 9.97 Å². The molecule has 0 amide bonds. The number of nitrogens with one attached hydrogen (secondary N) is 2. The number of benzene rings is 4. The van der Waals surface area contributed by atoms with Crippen LogP contribution in [0.5, 0.6) is 0 Å². The number of aromatic nitrogens is 2. The lowest BCUT2D eigenvalue weighted by molar-refractivity contribution is 1.44. The first kappa shape index (κ1) is 18.5. The predicted octanol–water partition coefficient (Wildman–Crippen LogP) is 8.04. The lowest BCUT2D eigenvalue weighted by Gasteiger charge is -2.08. The Morgan fingerprint density at radius 3 is 1.31 bits per heavy atom. The fourth-order valence-corrected chi connectivity index (χ4v) is 4.33. The van der Waals surface area contributed by atoms with Gasteiger partial charge in [-0.05, 0) is 52.1 Å². The molecule has 2 aromatic heterocycles. The second kappa shape index (κ2) is 7.44. The Balaban J connectivity index is 1.24. The second-order valence-corrected chi connectivity index (χ2v) is 8.17. The third kappa shape index (κ3) is 3.23. The molecule has 152 valence electrons. The van der Waals surface area contributed by atoms with Gasteiger partial charge in [0.25, 0.3) is 0 Å². The molecule has 0 unspecified atom stereocenters. The minimum absolute atomic E-state index is 1.02. The first-order valence-corrected chi connectivity index (χ1v) is 10.8.